The van der Waals surface area contributed by atoms with E-state index in [-0.39, 0.29) is 5.41 Å². The van der Waals surface area contributed by atoms with Gasteiger partial charge in [-0.05, 0) is 126 Å². The smallest absolute Gasteiger partial charge is 0.0462 e. The van der Waals surface area contributed by atoms with Crippen LogP contribution in [0.1, 0.15) is 25.0 Å². The van der Waals surface area contributed by atoms with Crippen molar-refractivity contribution in [1.82, 2.24) is 0 Å². The molecule has 0 N–H and O–H groups in total. The van der Waals surface area contributed by atoms with Crippen molar-refractivity contribution < 1.29 is 0 Å². The minimum absolute atomic E-state index is 0.167. The zero-order valence-corrected chi connectivity index (χ0v) is 31.7. The second-order valence-corrected chi connectivity index (χ2v) is 15.4. The first kappa shape index (κ1) is 33.6. The van der Waals surface area contributed by atoms with Crippen molar-refractivity contribution in [2.75, 3.05) is 4.90 Å². The van der Waals surface area contributed by atoms with Crippen LogP contribution in [0.3, 0.4) is 0 Å². The van der Waals surface area contributed by atoms with E-state index in [1.165, 1.54) is 77.5 Å². The number of anilines is 3. The highest BCUT2D eigenvalue weighted by Crippen LogP contribution is 2.55. The van der Waals surface area contributed by atoms with Gasteiger partial charge in [0, 0.05) is 22.5 Å². The van der Waals surface area contributed by atoms with E-state index >= 15 is 0 Å². The summed E-state index contributed by atoms with van der Waals surface area (Å²) in [5.41, 5.74) is 18.5. The summed E-state index contributed by atoms with van der Waals surface area (Å²) in [7, 11) is 0. The molecule has 56 heavy (non-hydrogen) atoms. The lowest BCUT2D eigenvalue weighted by Crippen LogP contribution is -2.15. The molecule has 1 aliphatic rings. The van der Waals surface area contributed by atoms with Gasteiger partial charge in [-0.15, -0.1) is 0 Å². The third kappa shape index (κ3) is 5.81. The molecule has 10 rings (SSSR count). The highest BCUT2D eigenvalue weighted by atomic mass is 15.1. The fraction of sp³-hybridized carbons (Fsp3) is 0.0545. The molecule has 266 valence electrons. The van der Waals surface area contributed by atoms with Gasteiger partial charge in [0.2, 0.25) is 0 Å². The van der Waals surface area contributed by atoms with Crippen LogP contribution in [-0.4, -0.2) is 0 Å². The van der Waals surface area contributed by atoms with Gasteiger partial charge in [0.1, 0.15) is 0 Å². The van der Waals surface area contributed by atoms with Crippen molar-refractivity contribution in [3.8, 4) is 55.6 Å². The summed E-state index contributed by atoms with van der Waals surface area (Å²) >= 11 is 0. The van der Waals surface area contributed by atoms with Gasteiger partial charge in [-0.3, -0.25) is 0 Å². The topological polar surface area (TPSA) is 3.24 Å². The minimum atomic E-state index is -0.167. The third-order valence-electron chi connectivity index (χ3n) is 11.6. The first-order valence-corrected chi connectivity index (χ1v) is 19.5. The summed E-state index contributed by atoms with van der Waals surface area (Å²) < 4.78 is 0. The molecule has 0 saturated heterocycles. The van der Waals surface area contributed by atoms with Crippen LogP contribution < -0.4 is 4.90 Å². The molecule has 0 bridgehead atoms. The molecule has 0 spiro atoms. The van der Waals surface area contributed by atoms with Crippen molar-refractivity contribution in [1.29, 1.82) is 0 Å². The van der Waals surface area contributed by atoms with E-state index in [1.54, 1.807) is 0 Å². The normalized spacial score (nSPS) is 12.6. The van der Waals surface area contributed by atoms with E-state index in [2.05, 4.69) is 231 Å². The van der Waals surface area contributed by atoms with Gasteiger partial charge >= 0.3 is 0 Å². The van der Waals surface area contributed by atoms with Crippen LogP contribution in [0, 0.1) is 0 Å². The number of rotatable bonds is 7. The first-order valence-electron chi connectivity index (χ1n) is 19.5. The molecular weight excluding hydrogens is 675 g/mol. The Balaban J connectivity index is 1.09. The SMILES string of the molecule is CC1(C)c2cc(-c3ccccc3)ccc2-c2c(-c3ccc(N(c4ccc(-c5ccccc5)cc4)c4ccc(-c5ccccc5)cc4)cc3)cc3ccccc3c21. The summed E-state index contributed by atoms with van der Waals surface area (Å²) in [6.45, 7) is 4.80. The zero-order chi connectivity index (χ0) is 37.6. The Morgan fingerprint density at radius 1 is 0.339 bits per heavy atom. The van der Waals surface area contributed by atoms with E-state index in [0.29, 0.717) is 0 Å². The summed E-state index contributed by atoms with van der Waals surface area (Å²) in [5, 5.41) is 2.60. The Labute approximate surface area is 329 Å². The average molecular weight is 716 g/mol. The standard InChI is InChI=1S/C55H41N/c1-55(2)52-37-44(40-18-10-5-11-19-40)28-35-50(52)53-51(36-45-20-12-13-21-49(45)54(53)55)43-26-33-48(34-27-43)56(46-29-22-41(23-30-46)38-14-6-3-7-15-38)47-31-24-42(25-32-47)39-16-8-4-9-17-39/h3-37H,1-2H3. The monoisotopic (exact) mass is 715 g/mol. The molecule has 0 saturated carbocycles. The zero-order valence-electron chi connectivity index (χ0n) is 31.7. The third-order valence-corrected chi connectivity index (χ3v) is 11.6. The van der Waals surface area contributed by atoms with E-state index < -0.39 is 0 Å². The van der Waals surface area contributed by atoms with Gasteiger partial charge in [-0.2, -0.15) is 0 Å². The number of fused-ring (bicyclic) bond motifs is 5. The maximum absolute atomic E-state index is 2.43. The predicted molar refractivity (Wildman–Crippen MR) is 238 cm³/mol. The van der Waals surface area contributed by atoms with Gasteiger partial charge < -0.3 is 4.90 Å². The maximum atomic E-state index is 2.43. The van der Waals surface area contributed by atoms with Crippen LogP contribution >= 0.6 is 0 Å². The van der Waals surface area contributed by atoms with Crippen LogP contribution in [-0.2, 0) is 5.41 Å². The molecule has 0 aliphatic heterocycles. The highest BCUT2D eigenvalue weighted by molar-refractivity contribution is 6.05. The Morgan fingerprint density at radius 3 is 1.27 bits per heavy atom. The summed E-state index contributed by atoms with van der Waals surface area (Å²) in [6, 6.07) is 77.4. The molecule has 0 amide bonds. The first-order chi connectivity index (χ1) is 27.5. The number of benzene rings is 9. The Morgan fingerprint density at radius 2 is 0.750 bits per heavy atom. The maximum Gasteiger partial charge on any atom is 0.0462 e. The predicted octanol–water partition coefficient (Wildman–Crippen LogP) is 15.3. The summed E-state index contributed by atoms with van der Waals surface area (Å²) in [5.74, 6) is 0. The van der Waals surface area contributed by atoms with Crippen LogP contribution in [0.25, 0.3) is 66.4 Å². The van der Waals surface area contributed by atoms with Crippen LogP contribution in [0.5, 0.6) is 0 Å². The second kappa shape index (κ2) is 13.7. The van der Waals surface area contributed by atoms with Gasteiger partial charge in [0.15, 0.2) is 0 Å². The molecule has 0 heterocycles. The molecule has 1 heteroatoms. The number of nitrogens with zero attached hydrogens (tertiary/aromatic N) is 1. The molecule has 0 atom stereocenters. The van der Waals surface area contributed by atoms with E-state index in [4.69, 9.17) is 0 Å². The Hall–Kier alpha value is -6.96. The summed E-state index contributed by atoms with van der Waals surface area (Å²) in [6.07, 6.45) is 0. The average Bonchev–Trinajstić information content (AvgIpc) is 3.51. The lowest BCUT2D eigenvalue weighted by Gasteiger charge is -2.26. The van der Waals surface area contributed by atoms with Crippen molar-refractivity contribution in [3.05, 3.63) is 223 Å². The quantitative estimate of drug-likeness (QED) is 0.159. The molecule has 0 aromatic heterocycles. The molecule has 9 aromatic rings. The van der Waals surface area contributed by atoms with Crippen LogP contribution in [0.15, 0.2) is 212 Å². The molecule has 0 radical (unpaired) electrons. The van der Waals surface area contributed by atoms with E-state index in [1.807, 2.05) is 0 Å². The molecular formula is C55H41N. The largest absolute Gasteiger partial charge is 0.311 e. The van der Waals surface area contributed by atoms with Crippen LogP contribution in [0.2, 0.25) is 0 Å². The number of hydrogen-bond acceptors (Lipinski definition) is 1. The lowest BCUT2D eigenvalue weighted by molar-refractivity contribution is 0.666. The van der Waals surface area contributed by atoms with Gasteiger partial charge in [0.25, 0.3) is 0 Å². The highest BCUT2D eigenvalue weighted by Gasteiger charge is 2.39. The van der Waals surface area contributed by atoms with Crippen molar-refractivity contribution >= 4 is 27.8 Å². The molecule has 1 aliphatic carbocycles. The fourth-order valence-corrected chi connectivity index (χ4v) is 8.83. The van der Waals surface area contributed by atoms with E-state index in [0.717, 1.165) is 17.1 Å². The fourth-order valence-electron chi connectivity index (χ4n) is 8.83. The molecule has 0 unspecified atom stereocenters. The number of hydrogen-bond donors (Lipinski definition) is 0. The Bertz CT molecular complexity index is 2740. The van der Waals surface area contributed by atoms with Crippen molar-refractivity contribution in [2.24, 2.45) is 0 Å². The minimum Gasteiger partial charge on any atom is -0.311 e. The summed E-state index contributed by atoms with van der Waals surface area (Å²) in [4.78, 5) is 2.36. The Kier molecular flexibility index (Phi) is 8.23. The van der Waals surface area contributed by atoms with E-state index in [9.17, 15) is 0 Å². The molecule has 1 nitrogen and oxygen atoms in total. The van der Waals surface area contributed by atoms with Crippen molar-refractivity contribution in [3.63, 3.8) is 0 Å². The van der Waals surface area contributed by atoms with Gasteiger partial charge in [-0.25, -0.2) is 0 Å². The molecule has 0 fully saturated rings. The van der Waals surface area contributed by atoms with Crippen LogP contribution in [0.4, 0.5) is 17.1 Å². The van der Waals surface area contributed by atoms with Gasteiger partial charge in [0.05, 0.1) is 0 Å². The second-order valence-electron chi connectivity index (χ2n) is 15.4. The van der Waals surface area contributed by atoms with Crippen molar-refractivity contribution in [2.45, 2.75) is 19.3 Å². The van der Waals surface area contributed by atoms with Gasteiger partial charge in [-0.1, -0.05) is 178 Å². The molecule has 9 aromatic carbocycles. The lowest BCUT2D eigenvalue weighted by atomic mass is 9.79.